The first-order valence-electron chi connectivity index (χ1n) is 10.7. The van der Waals surface area contributed by atoms with Crippen LogP contribution in [-0.4, -0.2) is 41.2 Å². The van der Waals surface area contributed by atoms with E-state index in [0.29, 0.717) is 16.9 Å². The Labute approximate surface area is 187 Å². The van der Waals surface area contributed by atoms with Gasteiger partial charge in [0, 0.05) is 0 Å². The number of benzene rings is 3. The molecule has 0 aliphatic carbocycles. The Morgan fingerprint density at radius 1 is 0.938 bits per heavy atom. The Morgan fingerprint density at radius 3 is 2.16 bits per heavy atom. The van der Waals surface area contributed by atoms with Crippen molar-refractivity contribution >= 4 is 11.9 Å². The van der Waals surface area contributed by atoms with Gasteiger partial charge in [0.15, 0.2) is 5.54 Å². The Kier molecular flexibility index (Phi) is 6.23. The molecule has 3 amide bonds. The lowest BCUT2D eigenvalue weighted by Crippen LogP contribution is -2.46. The molecule has 1 atom stereocenters. The summed E-state index contributed by atoms with van der Waals surface area (Å²) in [5, 5.41) is 13.4. The van der Waals surface area contributed by atoms with Crippen LogP contribution in [-0.2, 0) is 16.8 Å². The lowest BCUT2D eigenvalue weighted by Gasteiger charge is -2.28. The second-order valence-corrected chi connectivity index (χ2v) is 7.79. The SMILES string of the molecule is CCc1cccc(OCC(O)CN2C(=O)NC(c3ccccc3)(c3ccccc3)C2=O)c1. The minimum atomic E-state index is -1.34. The minimum Gasteiger partial charge on any atom is -0.491 e. The van der Waals surface area contributed by atoms with Crippen molar-refractivity contribution in [2.24, 2.45) is 0 Å². The number of carbonyl (C=O) groups excluding carboxylic acids is 2. The summed E-state index contributed by atoms with van der Waals surface area (Å²) in [6.45, 7) is 1.85. The molecular formula is C26H26N2O4. The molecule has 3 aromatic carbocycles. The maximum Gasteiger partial charge on any atom is 0.325 e. The van der Waals surface area contributed by atoms with Crippen LogP contribution in [0, 0.1) is 0 Å². The Hall–Kier alpha value is -3.64. The number of hydrogen-bond acceptors (Lipinski definition) is 4. The van der Waals surface area contributed by atoms with Crippen molar-refractivity contribution in [3.63, 3.8) is 0 Å². The predicted molar refractivity (Wildman–Crippen MR) is 121 cm³/mol. The monoisotopic (exact) mass is 430 g/mol. The van der Waals surface area contributed by atoms with Gasteiger partial charge in [-0.05, 0) is 35.2 Å². The van der Waals surface area contributed by atoms with Crippen LogP contribution in [0.15, 0.2) is 84.9 Å². The number of imide groups is 1. The fourth-order valence-electron chi connectivity index (χ4n) is 3.99. The summed E-state index contributed by atoms with van der Waals surface area (Å²) in [5.41, 5.74) is 1.11. The molecule has 32 heavy (non-hydrogen) atoms. The van der Waals surface area contributed by atoms with Gasteiger partial charge in [-0.1, -0.05) is 79.7 Å². The van der Waals surface area contributed by atoms with Gasteiger partial charge in [-0.3, -0.25) is 9.69 Å². The van der Waals surface area contributed by atoms with E-state index in [4.69, 9.17) is 4.74 Å². The van der Waals surface area contributed by atoms with E-state index in [0.717, 1.165) is 16.9 Å². The van der Waals surface area contributed by atoms with Gasteiger partial charge >= 0.3 is 6.03 Å². The first-order valence-corrected chi connectivity index (χ1v) is 10.7. The van der Waals surface area contributed by atoms with Crippen LogP contribution in [0.5, 0.6) is 5.75 Å². The normalized spacial score (nSPS) is 16.0. The first kappa shape index (κ1) is 21.6. The highest BCUT2D eigenvalue weighted by Gasteiger charge is 2.53. The van der Waals surface area contributed by atoms with E-state index in [9.17, 15) is 14.7 Å². The fourth-order valence-corrected chi connectivity index (χ4v) is 3.99. The highest BCUT2D eigenvalue weighted by molar-refractivity contribution is 6.09. The zero-order chi connectivity index (χ0) is 22.6. The molecule has 2 N–H and O–H groups in total. The molecule has 6 nitrogen and oxygen atoms in total. The topological polar surface area (TPSA) is 78.9 Å². The smallest absolute Gasteiger partial charge is 0.325 e. The molecule has 0 spiro atoms. The standard InChI is InChI=1S/C26H26N2O4/c1-2-19-10-9-15-23(16-19)32-18-22(29)17-28-24(30)26(27-25(28)31,20-11-5-3-6-12-20)21-13-7-4-8-14-21/h3-16,22,29H,2,17-18H2,1H3,(H,27,31). The first-order chi connectivity index (χ1) is 15.5. The highest BCUT2D eigenvalue weighted by Crippen LogP contribution is 2.36. The zero-order valence-electron chi connectivity index (χ0n) is 17.9. The maximum absolute atomic E-state index is 13.6. The third-order valence-corrected chi connectivity index (χ3v) is 5.66. The number of nitrogens with one attached hydrogen (secondary N) is 1. The molecule has 6 heteroatoms. The molecule has 1 aliphatic rings. The number of amides is 3. The second-order valence-electron chi connectivity index (χ2n) is 7.79. The number of aliphatic hydroxyl groups excluding tert-OH is 1. The molecule has 0 aromatic heterocycles. The van der Waals surface area contributed by atoms with E-state index in [1.54, 1.807) is 0 Å². The molecule has 1 heterocycles. The molecule has 4 rings (SSSR count). The number of nitrogens with zero attached hydrogens (tertiary/aromatic N) is 1. The summed E-state index contributed by atoms with van der Waals surface area (Å²) in [7, 11) is 0. The third-order valence-electron chi connectivity index (χ3n) is 5.66. The van der Waals surface area contributed by atoms with Crippen molar-refractivity contribution in [1.82, 2.24) is 10.2 Å². The lowest BCUT2D eigenvalue weighted by molar-refractivity contribution is -0.131. The number of carbonyl (C=O) groups is 2. The molecule has 3 aromatic rings. The molecular weight excluding hydrogens is 404 g/mol. The van der Waals surface area contributed by atoms with Crippen LogP contribution in [0.1, 0.15) is 23.6 Å². The van der Waals surface area contributed by atoms with Gasteiger partial charge in [0.1, 0.15) is 18.5 Å². The number of hydrogen-bond donors (Lipinski definition) is 2. The van der Waals surface area contributed by atoms with Crippen LogP contribution in [0.25, 0.3) is 0 Å². The summed E-state index contributed by atoms with van der Waals surface area (Å²) in [4.78, 5) is 27.6. The summed E-state index contributed by atoms with van der Waals surface area (Å²) in [6.07, 6.45) is -0.152. The van der Waals surface area contributed by atoms with E-state index in [2.05, 4.69) is 12.2 Å². The quantitative estimate of drug-likeness (QED) is 0.537. The van der Waals surface area contributed by atoms with Crippen LogP contribution >= 0.6 is 0 Å². The van der Waals surface area contributed by atoms with Crippen molar-refractivity contribution in [1.29, 1.82) is 0 Å². The molecule has 0 bridgehead atoms. The Bertz CT molecular complexity index is 1050. The number of aliphatic hydroxyl groups is 1. The zero-order valence-corrected chi connectivity index (χ0v) is 17.9. The second kappa shape index (κ2) is 9.24. The van der Waals surface area contributed by atoms with Gasteiger partial charge in [-0.15, -0.1) is 0 Å². The number of urea groups is 1. The van der Waals surface area contributed by atoms with E-state index in [-0.39, 0.29) is 13.2 Å². The number of ether oxygens (including phenoxy) is 1. The molecule has 0 radical (unpaired) electrons. The van der Waals surface area contributed by atoms with Crippen molar-refractivity contribution in [2.75, 3.05) is 13.2 Å². The number of β-amino-alcohol motifs (C(OH)–C–C–N with tert-alkyl or cyclic N) is 1. The van der Waals surface area contributed by atoms with E-state index < -0.39 is 23.6 Å². The molecule has 1 unspecified atom stereocenters. The van der Waals surface area contributed by atoms with Crippen molar-refractivity contribution < 1.29 is 19.4 Å². The van der Waals surface area contributed by atoms with Gasteiger partial charge in [0.25, 0.3) is 5.91 Å². The molecule has 1 aliphatic heterocycles. The van der Waals surface area contributed by atoms with Crippen molar-refractivity contribution in [3.8, 4) is 5.75 Å². The summed E-state index contributed by atoms with van der Waals surface area (Å²) >= 11 is 0. The Morgan fingerprint density at radius 2 is 1.56 bits per heavy atom. The predicted octanol–water partition coefficient (Wildman–Crippen LogP) is 3.48. The van der Waals surface area contributed by atoms with Crippen LogP contribution in [0.3, 0.4) is 0 Å². The van der Waals surface area contributed by atoms with Crippen molar-refractivity contribution in [3.05, 3.63) is 102 Å². The van der Waals surface area contributed by atoms with Crippen LogP contribution in [0.4, 0.5) is 4.79 Å². The van der Waals surface area contributed by atoms with Gasteiger partial charge in [-0.2, -0.15) is 0 Å². The molecule has 164 valence electrons. The summed E-state index contributed by atoms with van der Waals surface area (Å²) in [6, 6.07) is 25.4. The Balaban J connectivity index is 1.54. The molecule has 0 saturated carbocycles. The van der Waals surface area contributed by atoms with Crippen LogP contribution in [0.2, 0.25) is 0 Å². The lowest BCUT2D eigenvalue weighted by atomic mass is 9.82. The summed E-state index contributed by atoms with van der Waals surface area (Å²) in [5.74, 6) is 0.218. The molecule has 1 fully saturated rings. The largest absolute Gasteiger partial charge is 0.491 e. The third kappa shape index (κ3) is 4.09. The van der Waals surface area contributed by atoms with Crippen LogP contribution < -0.4 is 10.1 Å². The fraction of sp³-hybridized carbons (Fsp3) is 0.231. The minimum absolute atomic E-state index is 0.0338. The average Bonchev–Trinajstić information content (AvgIpc) is 3.09. The number of aryl methyl sites for hydroxylation is 1. The van der Waals surface area contributed by atoms with E-state index in [1.807, 2.05) is 84.9 Å². The number of rotatable bonds is 8. The van der Waals surface area contributed by atoms with Crippen molar-refractivity contribution in [2.45, 2.75) is 25.0 Å². The molecule has 1 saturated heterocycles. The van der Waals surface area contributed by atoms with Gasteiger partial charge in [0.2, 0.25) is 0 Å². The summed E-state index contributed by atoms with van der Waals surface area (Å²) < 4.78 is 5.69. The van der Waals surface area contributed by atoms with E-state index >= 15 is 0 Å². The highest BCUT2D eigenvalue weighted by atomic mass is 16.5. The average molecular weight is 431 g/mol. The van der Waals surface area contributed by atoms with Gasteiger partial charge in [0.05, 0.1) is 6.54 Å². The van der Waals surface area contributed by atoms with Gasteiger partial charge < -0.3 is 15.2 Å². The van der Waals surface area contributed by atoms with E-state index in [1.165, 1.54) is 0 Å². The maximum atomic E-state index is 13.6. The van der Waals surface area contributed by atoms with Gasteiger partial charge in [-0.25, -0.2) is 4.79 Å².